The molecule has 1 aliphatic heterocycles. The second-order valence-electron chi connectivity index (χ2n) is 5.36. The number of thiophene rings is 1. The number of carbonyl (C=O) groups excluding carboxylic acids is 2. The van der Waals surface area contributed by atoms with Crippen LogP contribution >= 0.6 is 11.3 Å². The van der Waals surface area contributed by atoms with E-state index in [1.54, 1.807) is 0 Å². The van der Waals surface area contributed by atoms with Crippen LogP contribution in [0, 0.1) is 5.92 Å². The van der Waals surface area contributed by atoms with Crippen LogP contribution in [0.4, 0.5) is 0 Å². The number of nitrogens with one attached hydrogen (secondary N) is 1. The summed E-state index contributed by atoms with van der Waals surface area (Å²) >= 11 is 1.47. The van der Waals surface area contributed by atoms with Gasteiger partial charge in [-0.3, -0.25) is 9.59 Å². The molecule has 2 amide bonds. The van der Waals surface area contributed by atoms with Crippen LogP contribution in [0.2, 0.25) is 0 Å². The molecular formula is C15H22N2O2S. The Morgan fingerprint density at radius 1 is 1.45 bits per heavy atom. The minimum Gasteiger partial charge on any atom is -0.353 e. The number of nitrogens with zero attached hydrogens (tertiary/aromatic N) is 1. The SMILES string of the molecule is CC[C@@H](C)NC(=O)C1CCN(C(=O)c2cccs2)CC1. The molecule has 1 saturated heterocycles. The van der Waals surface area contributed by atoms with E-state index in [9.17, 15) is 9.59 Å². The van der Waals surface area contributed by atoms with E-state index < -0.39 is 0 Å². The highest BCUT2D eigenvalue weighted by molar-refractivity contribution is 7.12. The van der Waals surface area contributed by atoms with Crippen LogP contribution in [-0.2, 0) is 4.79 Å². The molecule has 4 nitrogen and oxygen atoms in total. The van der Waals surface area contributed by atoms with Gasteiger partial charge in [0.15, 0.2) is 0 Å². The van der Waals surface area contributed by atoms with Gasteiger partial charge in [0.05, 0.1) is 4.88 Å². The maximum atomic E-state index is 12.2. The topological polar surface area (TPSA) is 49.4 Å². The molecule has 0 spiro atoms. The van der Waals surface area contributed by atoms with Crippen LogP contribution < -0.4 is 5.32 Å². The summed E-state index contributed by atoms with van der Waals surface area (Å²) < 4.78 is 0. The van der Waals surface area contributed by atoms with Crippen LogP contribution in [0.5, 0.6) is 0 Å². The van der Waals surface area contributed by atoms with E-state index in [4.69, 9.17) is 0 Å². The molecule has 2 rings (SSSR count). The van der Waals surface area contributed by atoms with Gasteiger partial charge in [0.1, 0.15) is 0 Å². The van der Waals surface area contributed by atoms with Crippen molar-refractivity contribution in [1.29, 1.82) is 0 Å². The average Bonchev–Trinajstić information content (AvgIpc) is 3.00. The summed E-state index contributed by atoms with van der Waals surface area (Å²) in [6.07, 6.45) is 2.47. The lowest BCUT2D eigenvalue weighted by Gasteiger charge is -2.31. The molecule has 0 saturated carbocycles. The fourth-order valence-electron chi connectivity index (χ4n) is 2.36. The predicted molar refractivity (Wildman–Crippen MR) is 80.8 cm³/mol. The Morgan fingerprint density at radius 2 is 2.15 bits per heavy atom. The van der Waals surface area contributed by atoms with Gasteiger partial charge in [0.2, 0.25) is 5.91 Å². The van der Waals surface area contributed by atoms with Crippen molar-refractivity contribution in [2.45, 2.75) is 39.2 Å². The molecule has 20 heavy (non-hydrogen) atoms. The van der Waals surface area contributed by atoms with Gasteiger partial charge in [-0.25, -0.2) is 0 Å². The van der Waals surface area contributed by atoms with E-state index >= 15 is 0 Å². The van der Waals surface area contributed by atoms with Gasteiger partial charge < -0.3 is 10.2 Å². The van der Waals surface area contributed by atoms with E-state index in [2.05, 4.69) is 12.2 Å². The number of hydrogen-bond acceptors (Lipinski definition) is 3. The van der Waals surface area contributed by atoms with Crippen molar-refractivity contribution >= 4 is 23.2 Å². The molecule has 1 aromatic rings. The predicted octanol–water partition coefficient (Wildman–Crippen LogP) is 2.52. The summed E-state index contributed by atoms with van der Waals surface area (Å²) in [7, 11) is 0. The van der Waals surface area contributed by atoms with E-state index in [-0.39, 0.29) is 23.8 Å². The van der Waals surface area contributed by atoms with Crippen molar-refractivity contribution in [1.82, 2.24) is 10.2 Å². The molecule has 0 bridgehead atoms. The molecule has 110 valence electrons. The van der Waals surface area contributed by atoms with E-state index in [0.717, 1.165) is 24.1 Å². The standard InChI is InChI=1S/C15H22N2O2S/c1-3-11(2)16-14(18)12-6-8-17(9-7-12)15(19)13-5-4-10-20-13/h4-5,10-12H,3,6-9H2,1-2H3,(H,16,18)/t11-/m1/s1. The van der Waals surface area contributed by atoms with Gasteiger partial charge >= 0.3 is 0 Å². The van der Waals surface area contributed by atoms with Crippen molar-refractivity contribution < 1.29 is 9.59 Å². The summed E-state index contributed by atoms with van der Waals surface area (Å²) in [4.78, 5) is 26.9. The van der Waals surface area contributed by atoms with E-state index in [1.165, 1.54) is 11.3 Å². The lowest BCUT2D eigenvalue weighted by atomic mass is 9.95. The van der Waals surface area contributed by atoms with Crippen molar-refractivity contribution in [3.05, 3.63) is 22.4 Å². The number of hydrogen-bond donors (Lipinski definition) is 1. The number of piperidine rings is 1. The van der Waals surface area contributed by atoms with E-state index in [1.807, 2.05) is 29.3 Å². The van der Waals surface area contributed by atoms with Gasteiger partial charge in [-0.15, -0.1) is 11.3 Å². The molecule has 1 fully saturated rings. The van der Waals surface area contributed by atoms with Crippen LogP contribution in [0.25, 0.3) is 0 Å². The van der Waals surface area contributed by atoms with Crippen LogP contribution in [-0.4, -0.2) is 35.8 Å². The lowest BCUT2D eigenvalue weighted by Crippen LogP contribution is -2.44. The van der Waals surface area contributed by atoms with Gasteiger partial charge in [0, 0.05) is 25.0 Å². The van der Waals surface area contributed by atoms with Crippen molar-refractivity contribution in [3.8, 4) is 0 Å². The third kappa shape index (κ3) is 3.60. The second kappa shape index (κ2) is 6.88. The fourth-order valence-corrected chi connectivity index (χ4v) is 3.05. The third-order valence-electron chi connectivity index (χ3n) is 3.89. The van der Waals surface area contributed by atoms with Crippen molar-refractivity contribution in [2.75, 3.05) is 13.1 Å². The maximum Gasteiger partial charge on any atom is 0.263 e. The minimum atomic E-state index is 0.0522. The molecule has 5 heteroatoms. The van der Waals surface area contributed by atoms with E-state index in [0.29, 0.717) is 13.1 Å². The molecule has 1 N–H and O–H groups in total. The van der Waals surface area contributed by atoms with Crippen LogP contribution in [0.3, 0.4) is 0 Å². The third-order valence-corrected chi connectivity index (χ3v) is 4.74. The second-order valence-corrected chi connectivity index (χ2v) is 6.31. The Kier molecular flexibility index (Phi) is 5.17. The molecule has 0 aromatic carbocycles. The molecule has 1 atom stereocenters. The normalized spacial score (nSPS) is 17.8. The quantitative estimate of drug-likeness (QED) is 0.927. The summed E-state index contributed by atoms with van der Waals surface area (Å²) in [5.74, 6) is 0.291. The van der Waals surface area contributed by atoms with Crippen LogP contribution in [0.15, 0.2) is 17.5 Å². The Hall–Kier alpha value is -1.36. The molecule has 0 aliphatic carbocycles. The number of rotatable bonds is 4. The number of carbonyl (C=O) groups is 2. The highest BCUT2D eigenvalue weighted by Crippen LogP contribution is 2.21. The fraction of sp³-hybridized carbons (Fsp3) is 0.600. The average molecular weight is 294 g/mol. The zero-order chi connectivity index (χ0) is 14.5. The summed E-state index contributed by atoms with van der Waals surface area (Å²) in [6.45, 7) is 5.44. The summed E-state index contributed by atoms with van der Waals surface area (Å²) in [6, 6.07) is 3.98. The lowest BCUT2D eigenvalue weighted by molar-refractivity contribution is -0.126. The largest absolute Gasteiger partial charge is 0.353 e. The molecular weight excluding hydrogens is 272 g/mol. The maximum absolute atomic E-state index is 12.2. The molecule has 0 radical (unpaired) electrons. The summed E-state index contributed by atoms with van der Waals surface area (Å²) in [5.41, 5.74) is 0. The number of amides is 2. The van der Waals surface area contributed by atoms with Crippen molar-refractivity contribution in [3.63, 3.8) is 0 Å². The highest BCUT2D eigenvalue weighted by Gasteiger charge is 2.28. The smallest absolute Gasteiger partial charge is 0.263 e. The molecule has 0 unspecified atom stereocenters. The first kappa shape index (κ1) is 15.0. The van der Waals surface area contributed by atoms with Gasteiger partial charge in [-0.2, -0.15) is 0 Å². The monoisotopic (exact) mass is 294 g/mol. The minimum absolute atomic E-state index is 0.0522. The highest BCUT2D eigenvalue weighted by atomic mass is 32.1. The first-order valence-electron chi connectivity index (χ1n) is 7.25. The Labute approximate surface area is 124 Å². The first-order chi connectivity index (χ1) is 9.61. The summed E-state index contributed by atoms with van der Waals surface area (Å²) in [5, 5.41) is 4.95. The zero-order valence-electron chi connectivity index (χ0n) is 12.1. The number of likely N-dealkylation sites (tertiary alicyclic amines) is 1. The van der Waals surface area contributed by atoms with Gasteiger partial charge in [-0.05, 0) is 37.6 Å². The van der Waals surface area contributed by atoms with Crippen LogP contribution in [0.1, 0.15) is 42.8 Å². The first-order valence-corrected chi connectivity index (χ1v) is 8.13. The molecule has 1 aromatic heterocycles. The Bertz CT molecular complexity index is 450. The van der Waals surface area contributed by atoms with Gasteiger partial charge in [0.25, 0.3) is 5.91 Å². The Morgan fingerprint density at radius 3 is 2.70 bits per heavy atom. The zero-order valence-corrected chi connectivity index (χ0v) is 12.9. The molecule has 2 heterocycles. The van der Waals surface area contributed by atoms with Gasteiger partial charge in [-0.1, -0.05) is 13.0 Å². The van der Waals surface area contributed by atoms with Crippen molar-refractivity contribution in [2.24, 2.45) is 5.92 Å². The Balaban J connectivity index is 1.83. The molecule has 1 aliphatic rings.